The van der Waals surface area contributed by atoms with Crippen LogP contribution in [0.4, 0.5) is 11.4 Å². The monoisotopic (exact) mass is 324 g/mol. The Morgan fingerprint density at radius 1 is 1.12 bits per heavy atom. The van der Waals surface area contributed by atoms with Gasteiger partial charge in [-0.2, -0.15) is 0 Å². The first kappa shape index (κ1) is 16.5. The van der Waals surface area contributed by atoms with E-state index >= 15 is 0 Å². The van der Waals surface area contributed by atoms with Gasteiger partial charge in [-0.25, -0.2) is 0 Å². The van der Waals surface area contributed by atoms with Crippen molar-refractivity contribution in [3.63, 3.8) is 0 Å². The number of morpholine rings is 1. The molecular weight excluding hydrogens is 300 g/mol. The summed E-state index contributed by atoms with van der Waals surface area (Å²) in [6.07, 6.45) is 2.16. The molecule has 0 bridgehead atoms. The van der Waals surface area contributed by atoms with Crippen molar-refractivity contribution in [2.24, 2.45) is 0 Å². The van der Waals surface area contributed by atoms with Crippen molar-refractivity contribution in [3.05, 3.63) is 59.7 Å². The Hall–Kier alpha value is -2.33. The summed E-state index contributed by atoms with van der Waals surface area (Å²) in [7, 11) is 0. The number of anilines is 2. The van der Waals surface area contributed by atoms with Gasteiger partial charge in [0.2, 0.25) is 0 Å². The summed E-state index contributed by atoms with van der Waals surface area (Å²) >= 11 is 0. The number of aryl methyl sites for hydroxylation is 1. The molecule has 2 aromatic carbocycles. The van der Waals surface area contributed by atoms with Crippen LogP contribution in [0.25, 0.3) is 0 Å². The topological polar surface area (TPSA) is 41.6 Å². The van der Waals surface area contributed by atoms with Crippen LogP contribution in [0.2, 0.25) is 0 Å². The van der Waals surface area contributed by atoms with Crippen LogP contribution in [0.5, 0.6) is 0 Å². The maximum absolute atomic E-state index is 12.4. The minimum atomic E-state index is -0.0721. The summed E-state index contributed by atoms with van der Waals surface area (Å²) in [5.74, 6) is -0.0721. The molecule has 4 heteroatoms. The molecule has 1 aliphatic heterocycles. The van der Waals surface area contributed by atoms with Crippen LogP contribution in [0.15, 0.2) is 48.5 Å². The van der Waals surface area contributed by atoms with Gasteiger partial charge in [-0.3, -0.25) is 4.79 Å². The summed E-state index contributed by atoms with van der Waals surface area (Å²) in [6.45, 7) is 5.43. The third-order valence-corrected chi connectivity index (χ3v) is 4.24. The lowest BCUT2D eigenvalue weighted by atomic mass is 10.1. The number of carbonyl (C=O) groups is 1. The van der Waals surface area contributed by atoms with E-state index in [4.69, 9.17) is 4.74 Å². The molecule has 0 atom stereocenters. The van der Waals surface area contributed by atoms with E-state index in [9.17, 15) is 4.79 Å². The molecule has 3 rings (SSSR count). The lowest BCUT2D eigenvalue weighted by Crippen LogP contribution is -2.36. The van der Waals surface area contributed by atoms with Crippen molar-refractivity contribution in [2.75, 3.05) is 36.5 Å². The van der Waals surface area contributed by atoms with E-state index in [1.807, 2.05) is 42.5 Å². The first-order valence-corrected chi connectivity index (χ1v) is 8.59. The summed E-state index contributed by atoms with van der Waals surface area (Å²) in [4.78, 5) is 14.7. The average Bonchev–Trinajstić information content (AvgIpc) is 2.63. The van der Waals surface area contributed by atoms with Crippen LogP contribution in [-0.4, -0.2) is 32.2 Å². The quantitative estimate of drug-likeness (QED) is 0.911. The van der Waals surface area contributed by atoms with Gasteiger partial charge in [0.1, 0.15) is 0 Å². The lowest BCUT2D eigenvalue weighted by Gasteiger charge is -2.29. The first-order chi connectivity index (χ1) is 11.8. The Morgan fingerprint density at radius 2 is 1.88 bits per heavy atom. The van der Waals surface area contributed by atoms with Gasteiger partial charge >= 0.3 is 0 Å². The summed E-state index contributed by atoms with van der Waals surface area (Å²) < 4.78 is 5.39. The van der Waals surface area contributed by atoms with E-state index < -0.39 is 0 Å². The highest BCUT2D eigenvalue weighted by molar-refractivity contribution is 6.04. The fraction of sp³-hybridized carbons (Fsp3) is 0.350. The fourth-order valence-corrected chi connectivity index (χ4v) is 2.92. The van der Waals surface area contributed by atoms with Gasteiger partial charge in [0.05, 0.1) is 13.2 Å². The number of benzene rings is 2. The van der Waals surface area contributed by atoms with Crippen LogP contribution in [0.3, 0.4) is 0 Å². The zero-order valence-corrected chi connectivity index (χ0v) is 14.1. The van der Waals surface area contributed by atoms with Crippen molar-refractivity contribution in [2.45, 2.75) is 19.8 Å². The van der Waals surface area contributed by atoms with Crippen molar-refractivity contribution < 1.29 is 9.53 Å². The molecule has 4 nitrogen and oxygen atoms in total. The van der Waals surface area contributed by atoms with E-state index in [-0.39, 0.29) is 5.91 Å². The molecule has 0 saturated carbocycles. The van der Waals surface area contributed by atoms with Crippen LogP contribution < -0.4 is 10.2 Å². The van der Waals surface area contributed by atoms with Crippen LogP contribution in [0.1, 0.15) is 29.3 Å². The average molecular weight is 324 g/mol. The number of hydrogen-bond donors (Lipinski definition) is 1. The van der Waals surface area contributed by atoms with Gasteiger partial charge in [-0.1, -0.05) is 31.5 Å². The summed E-state index contributed by atoms with van der Waals surface area (Å²) in [5, 5.41) is 2.99. The molecule has 1 heterocycles. The Kier molecular flexibility index (Phi) is 5.49. The Balaban J connectivity index is 1.67. The van der Waals surface area contributed by atoms with E-state index in [1.54, 1.807) is 0 Å². The van der Waals surface area contributed by atoms with E-state index in [0.29, 0.717) is 5.56 Å². The van der Waals surface area contributed by atoms with Crippen LogP contribution in [0, 0.1) is 0 Å². The standard InChI is InChI=1S/C20H24N2O2/c1-2-4-16-7-9-17(10-8-16)20(23)21-18-5-3-6-19(15-18)22-11-13-24-14-12-22/h3,5-10,15H,2,4,11-14H2,1H3,(H,21,23). The van der Waals surface area contributed by atoms with Gasteiger partial charge in [-0.05, 0) is 42.3 Å². The Morgan fingerprint density at radius 3 is 2.58 bits per heavy atom. The molecule has 0 aliphatic carbocycles. The minimum Gasteiger partial charge on any atom is -0.378 e. The lowest BCUT2D eigenvalue weighted by molar-refractivity contribution is 0.102. The number of amides is 1. The molecule has 0 spiro atoms. The third-order valence-electron chi connectivity index (χ3n) is 4.24. The molecule has 1 aliphatic rings. The van der Waals surface area contributed by atoms with Gasteiger partial charge in [-0.15, -0.1) is 0 Å². The van der Waals surface area contributed by atoms with E-state index in [2.05, 4.69) is 23.2 Å². The zero-order chi connectivity index (χ0) is 16.8. The second-order valence-electron chi connectivity index (χ2n) is 6.05. The van der Waals surface area contributed by atoms with Gasteiger partial charge < -0.3 is 15.0 Å². The Labute approximate surface area is 143 Å². The second kappa shape index (κ2) is 7.97. The number of hydrogen-bond acceptors (Lipinski definition) is 3. The molecular formula is C20H24N2O2. The molecule has 24 heavy (non-hydrogen) atoms. The predicted molar refractivity (Wildman–Crippen MR) is 97.9 cm³/mol. The van der Waals surface area contributed by atoms with Crippen molar-refractivity contribution in [3.8, 4) is 0 Å². The largest absolute Gasteiger partial charge is 0.378 e. The van der Waals surface area contributed by atoms with Crippen LogP contribution >= 0.6 is 0 Å². The molecule has 126 valence electrons. The summed E-state index contributed by atoms with van der Waals surface area (Å²) in [6, 6.07) is 15.8. The molecule has 1 fully saturated rings. The molecule has 0 unspecified atom stereocenters. The highest BCUT2D eigenvalue weighted by Gasteiger charge is 2.12. The van der Waals surface area contributed by atoms with Gasteiger partial charge in [0.25, 0.3) is 5.91 Å². The number of nitrogens with one attached hydrogen (secondary N) is 1. The number of carbonyl (C=O) groups excluding carboxylic acids is 1. The maximum atomic E-state index is 12.4. The molecule has 0 aromatic heterocycles. The van der Waals surface area contributed by atoms with Gasteiger partial charge in [0, 0.05) is 30.0 Å². The third kappa shape index (κ3) is 4.15. The molecule has 0 radical (unpaired) electrons. The number of rotatable bonds is 5. The predicted octanol–water partition coefficient (Wildman–Crippen LogP) is 3.73. The highest BCUT2D eigenvalue weighted by Crippen LogP contribution is 2.21. The van der Waals surface area contributed by atoms with Gasteiger partial charge in [0.15, 0.2) is 0 Å². The molecule has 1 amide bonds. The van der Waals surface area contributed by atoms with Crippen molar-refractivity contribution >= 4 is 17.3 Å². The van der Waals surface area contributed by atoms with Crippen molar-refractivity contribution in [1.82, 2.24) is 0 Å². The molecule has 1 saturated heterocycles. The zero-order valence-electron chi connectivity index (χ0n) is 14.1. The SMILES string of the molecule is CCCc1ccc(C(=O)Nc2cccc(N3CCOCC3)c2)cc1. The fourth-order valence-electron chi connectivity index (χ4n) is 2.92. The maximum Gasteiger partial charge on any atom is 0.255 e. The second-order valence-corrected chi connectivity index (χ2v) is 6.05. The van der Waals surface area contributed by atoms with Crippen molar-refractivity contribution in [1.29, 1.82) is 0 Å². The number of ether oxygens (including phenoxy) is 1. The van der Waals surface area contributed by atoms with Crippen LogP contribution in [-0.2, 0) is 11.2 Å². The normalized spacial score (nSPS) is 14.5. The number of nitrogens with zero attached hydrogens (tertiary/aromatic N) is 1. The highest BCUT2D eigenvalue weighted by atomic mass is 16.5. The first-order valence-electron chi connectivity index (χ1n) is 8.59. The van der Waals surface area contributed by atoms with E-state index in [0.717, 1.165) is 50.5 Å². The molecule has 2 aromatic rings. The van der Waals surface area contributed by atoms with E-state index in [1.165, 1.54) is 5.56 Å². The smallest absolute Gasteiger partial charge is 0.255 e. The minimum absolute atomic E-state index is 0.0721. The Bertz CT molecular complexity index is 676. The summed E-state index contributed by atoms with van der Waals surface area (Å²) in [5.41, 5.74) is 3.89. The molecule has 1 N–H and O–H groups in total.